The summed E-state index contributed by atoms with van der Waals surface area (Å²) in [5, 5.41) is 24.1. The van der Waals surface area contributed by atoms with Gasteiger partial charge in [-0.05, 0) is 149 Å². The first-order valence-electron chi connectivity index (χ1n) is 23.6. The van der Waals surface area contributed by atoms with Crippen LogP contribution in [0.1, 0.15) is 105 Å². The van der Waals surface area contributed by atoms with Crippen molar-refractivity contribution in [1.29, 1.82) is 0 Å². The number of hydrogen-bond acceptors (Lipinski definition) is 14. The molecule has 14 atom stereocenters. The molecule has 2 bridgehead atoms. The highest BCUT2D eigenvalue weighted by Gasteiger charge is 2.56. The van der Waals surface area contributed by atoms with Crippen LogP contribution < -0.4 is 0 Å². The molecular formula is C50H72INO14S. The number of carbonyl (C=O) groups is 4. The molecule has 1 aromatic carbocycles. The number of esters is 1. The number of nitrogens with zero attached hydrogens (tertiary/aromatic N) is 1. The molecule has 3 aliphatic heterocycles. The summed E-state index contributed by atoms with van der Waals surface area (Å²) in [5.74, 6) is -5.38. The van der Waals surface area contributed by atoms with E-state index in [1.54, 1.807) is 32.1 Å². The van der Waals surface area contributed by atoms with Gasteiger partial charge in [-0.15, -0.1) is 6.58 Å². The zero-order chi connectivity index (χ0) is 49.4. The Labute approximate surface area is 410 Å². The number of methoxy groups -OCH3 is 3. The summed E-state index contributed by atoms with van der Waals surface area (Å²) in [5.41, 5.74) is -0.762. The van der Waals surface area contributed by atoms with Crippen LogP contribution in [0.2, 0.25) is 0 Å². The number of ether oxygens (including phenoxy) is 5. The number of aliphatic hydroxyl groups excluding tert-OH is 1. The van der Waals surface area contributed by atoms with Crippen molar-refractivity contribution in [3.63, 3.8) is 0 Å². The number of fused-ring (bicyclic) bond motifs is 3. The third-order valence-corrected chi connectivity index (χ3v) is 16.3. The second-order valence-corrected chi connectivity index (χ2v) is 22.0. The van der Waals surface area contributed by atoms with Gasteiger partial charge in [0.25, 0.3) is 21.8 Å². The van der Waals surface area contributed by atoms with E-state index in [1.165, 1.54) is 45.3 Å². The first-order valence-corrected chi connectivity index (χ1v) is 26.0. The summed E-state index contributed by atoms with van der Waals surface area (Å²) in [6, 6.07) is 5.19. The molecule has 67 heavy (non-hydrogen) atoms. The van der Waals surface area contributed by atoms with Gasteiger partial charge in [-0.2, -0.15) is 8.42 Å². The molecule has 0 spiro atoms. The summed E-state index contributed by atoms with van der Waals surface area (Å²) >= 11 is 2.10. The van der Waals surface area contributed by atoms with E-state index in [-0.39, 0.29) is 48.3 Å². The number of benzene rings is 1. The van der Waals surface area contributed by atoms with Gasteiger partial charge in [0.2, 0.25) is 0 Å². The largest absolute Gasteiger partial charge is 0.456 e. The van der Waals surface area contributed by atoms with Gasteiger partial charge in [-0.1, -0.05) is 37.6 Å². The highest BCUT2D eigenvalue weighted by Crippen LogP contribution is 2.40. The number of halogens is 1. The van der Waals surface area contributed by atoms with Crippen molar-refractivity contribution in [2.75, 3.05) is 27.9 Å². The first kappa shape index (κ1) is 55.1. The molecule has 0 radical (unpaired) electrons. The summed E-state index contributed by atoms with van der Waals surface area (Å²) in [6.45, 7) is 12.9. The summed E-state index contributed by atoms with van der Waals surface area (Å²) in [6.07, 6.45) is 2.68. The van der Waals surface area contributed by atoms with Crippen molar-refractivity contribution in [3.05, 3.63) is 63.8 Å². The van der Waals surface area contributed by atoms with Crippen molar-refractivity contribution in [2.24, 2.45) is 29.6 Å². The number of aliphatic hydroxyl groups is 2. The Kier molecular flexibility index (Phi) is 20.0. The monoisotopic (exact) mass is 1070 g/mol. The highest BCUT2D eigenvalue weighted by molar-refractivity contribution is 14.1. The van der Waals surface area contributed by atoms with Gasteiger partial charge in [0.05, 0.1) is 29.3 Å². The van der Waals surface area contributed by atoms with E-state index in [0.717, 1.165) is 9.14 Å². The highest BCUT2D eigenvalue weighted by atomic mass is 127. The molecule has 14 unspecified atom stereocenters. The topological polar surface area (TPSA) is 201 Å². The molecule has 4 aliphatic rings. The van der Waals surface area contributed by atoms with Crippen LogP contribution in [-0.2, 0) is 57.2 Å². The summed E-state index contributed by atoms with van der Waals surface area (Å²) < 4.78 is 63.1. The Morgan fingerprint density at radius 1 is 0.955 bits per heavy atom. The fourth-order valence-corrected chi connectivity index (χ4v) is 11.9. The number of hydrogen-bond donors (Lipinski definition) is 2. The molecule has 1 aromatic rings. The summed E-state index contributed by atoms with van der Waals surface area (Å²) in [4.78, 5) is 58.6. The minimum Gasteiger partial charge on any atom is -0.456 e. The summed E-state index contributed by atoms with van der Waals surface area (Å²) in [7, 11) is 0.418. The Morgan fingerprint density at radius 3 is 2.28 bits per heavy atom. The maximum atomic E-state index is 14.5. The first-order chi connectivity index (χ1) is 31.7. The molecule has 0 aromatic heterocycles. The minimum atomic E-state index is -4.09. The van der Waals surface area contributed by atoms with Crippen molar-refractivity contribution < 1.29 is 65.7 Å². The van der Waals surface area contributed by atoms with Gasteiger partial charge in [-0.25, -0.2) is 4.79 Å². The van der Waals surface area contributed by atoms with Crippen molar-refractivity contribution >= 4 is 56.2 Å². The van der Waals surface area contributed by atoms with Crippen LogP contribution in [0.15, 0.2) is 65.1 Å². The number of carbonyl (C=O) groups excluding carboxylic acids is 4. The molecule has 1 amide bonds. The molecule has 3 fully saturated rings. The zero-order valence-corrected chi connectivity index (χ0v) is 43.2. The third kappa shape index (κ3) is 13.5. The predicted molar refractivity (Wildman–Crippen MR) is 258 cm³/mol. The SMILES string of the molecule is C=CCC1/C=C(/C)CC(C)CC(OC)C2CC(O)(C(=O)C(=O)N3CCCCC3C(=O)OC(/C(C)=C/C3CCC(OS(=O)(=O)c4ccc(I)cc4)C(OC)C3)C(C)C(O)CC1=O)C(C)OC2OC. The van der Waals surface area contributed by atoms with Crippen molar-refractivity contribution in [2.45, 2.75) is 165 Å². The lowest BCUT2D eigenvalue weighted by atomic mass is 9.75. The van der Waals surface area contributed by atoms with Crippen LogP contribution in [0.4, 0.5) is 0 Å². The smallest absolute Gasteiger partial charge is 0.329 e. The number of Topliss-reactive ketones (excluding diaryl/α,β-unsaturated/α-hetero) is 2. The van der Waals surface area contributed by atoms with Crippen LogP contribution in [0.3, 0.4) is 0 Å². The number of piperidine rings is 1. The lowest BCUT2D eigenvalue weighted by Crippen LogP contribution is -2.64. The number of amides is 1. The zero-order valence-electron chi connectivity index (χ0n) is 40.3. The molecule has 2 saturated heterocycles. The fraction of sp³-hybridized carbons (Fsp3) is 0.680. The van der Waals surface area contributed by atoms with Gasteiger partial charge in [0, 0.05) is 55.6 Å². The van der Waals surface area contributed by atoms with E-state index < -0.39 is 100 Å². The quantitative estimate of drug-likeness (QED) is 0.0829. The molecule has 3 heterocycles. The number of cyclic esters (lactones) is 1. The van der Waals surface area contributed by atoms with Gasteiger partial charge in [0.1, 0.15) is 24.0 Å². The Morgan fingerprint density at radius 2 is 1.64 bits per heavy atom. The maximum absolute atomic E-state index is 14.5. The number of ketones is 2. The van der Waals surface area contributed by atoms with Gasteiger partial charge >= 0.3 is 5.97 Å². The van der Waals surface area contributed by atoms with E-state index in [0.29, 0.717) is 56.9 Å². The Bertz CT molecular complexity index is 2080. The second kappa shape index (κ2) is 24.3. The van der Waals surface area contributed by atoms with E-state index in [4.69, 9.17) is 27.9 Å². The predicted octanol–water partition coefficient (Wildman–Crippen LogP) is 6.66. The van der Waals surface area contributed by atoms with Crippen molar-refractivity contribution in [3.8, 4) is 0 Å². The van der Waals surface area contributed by atoms with Gasteiger partial charge in [-0.3, -0.25) is 18.6 Å². The molecular weight excluding hydrogens is 998 g/mol. The molecule has 2 N–H and O–H groups in total. The van der Waals surface area contributed by atoms with Crippen LogP contribution in [-0.4, -0.2) is 129 Å². The van der Waals surface area contributed by atoms with E-state index in [2.05, 4.69) is 29.2 Å². The van der Waals surface area contributed by atoms with Gasteiger partial charge in [0.15, 0.2) is 11.9 Å². The lowest BCUT2D eigenvalue weighted by molar-refractivity contribution is -0.274. The molecule has 1 saturated carbocycles. The lowest BCUT2D eigenvalue weighted by Gasteiger charge is -2.47. The van der Waals surface area contributed by atoms with E-state index in [1.807, 2.05) is 26.0 Å². The fourth-order valence-electron chi connectivity index (χ4n) is 10.4. The van der Waals surface area contributed by atoms with Crippen LogP contribution in [0.5, 0.6) is 0 Å². The Balaban J connectivity index is 1.49. The van der Waals surface area contributed by atoms with Crippen molar-refractivity contribution in [1.82, 2.24) is 4.90 Å². The Hall–Kier alpha value is -2.88. The average Bonchev–Trinajstić information content (AvgIpc) is 3.29. The molecule has 374 valence electrons. The number of allylic oxidation sites excluding steroid dienone is 4. The normalized spacial score (nSPS) is 36.8. The van der Waals surface area contributed by atoms with Crippen LogP contribution >= 0.6 is 22.6 Å². The van der Waals surface area contributed by atoms with E-state index in [9.17, 15) is 37.8 Å². The number of rotatable bonds is 10. The molecule has 1 aliphatic carbocycles. The van der Waals surface area contributed by atoms with Crippen LogP contribution in [0, 0.1) is 33.2 Å². The van der Waals surface area contributed by atoms with Gasteiger partial charge < -0.3 is 38.8 Å². The molecule has 17 heteroatoms. The second-order valence-electron chi connectivity index (χ2n) is 19.2. The minimum absolute atomic E-state index is 0.00341. The maximum Gasteiger partial charge on any atom is 0.329 e. The molecule has 5 rings (SSSR count). The van der Waals surface area contributed by atoms with E-state index >= 15 is 0 Å². The third-order valence-electron chi connectivity index (χ3n) is 14.3. The van der Waals surface area contributed by atoms with Crippen LogP contribution in [0.25, 0.3) is 0 Å². The standard InChI is InChI=1S/C50H72INO14S/c1-10-13-35-23-29(2)22-30(3)24-43(61-7)38-28-50(58,33(6)64-49(38)63-9)46(55)47(56)52-21-12-11-14-39(52)48(57)65-45(32(5)40(53)27-41(35)54)31(4)25-34-15-20-42(44(26-34)62-8)66-67(59,60)37-18-16-36(51)17-19-37/h10,16-19,23,25,30,32-35,38-40,42-45,49,53,58H,1,11-15,20-22,24,26-28H2,2-9H3/b29-23-,31-25+. The molecule has 15 nitrogen and oxygen atoms in total. The average molecular weight is 1070 g/mol.